The first-order valence-electron chi connectivity index (χ1n) is 8.84. The molecule has 0 spiro atoms. The van der Waals surface area contributed by atoms with Crippen molar-refractivity contribution in [3.8, 4) is 0 Å². The second kappa shape index (κ2) is 6.67. The van der Waals surface area contributed by atoms with Crippen LogP contribution >= 0.6 is 0 Å². The van der Waals surface area contributed by atoms with Crippen molar-refractivity contribution in [2.45, 2.75) is 26.2 Å². The van der Waals surface area contributed by atoms with E-state index in [1.54, 1.807) is 12.3 Å². The number of likely N-dealkylation sites (tertiary alicyclic amines) is 1. The van der Waals surface area contributed by atoms with Crippen LogP contribution in [0.3, 0.4) is 0 Å². The Morgan fingerprint density at radius 3 is 2.80 bits per heavy atom. The third kappa shape index (κ3) is 3.40. The number of carbonyl (C=O) groups is 1. The molecule has 1 aliphatic rings. The maximum Gasteiger partial charge on any atom is 0.253 e. The molecule has 0 atom stereocenters. The third-order valence-electron chi connectivity index (χ3n) is 4.97. The number of nitrogens with one attached hydrogen (secondary N) is 1. The summed E-state index contributed by atoms with van der Waals surface area (Å²) in [5.74, 6) is 1.74. The van der Waals surface area contributed by atoms with Crippen molar-refractivity contribution in [2.24, 2.45) is 5.92 Å². The van der Waals surface area contributed by atoms with Gasteiger partial charge in [-0.25, -0.2) is 4.98 Å². The molecule has 3 aromatic rings. The maximum absolute atomic E-state index is 12.6. The molecule has 0 bridgehead atoms. The Kier molecular flexibility index (Phi) is 4.22. The van der Waals surface area contributed by atoms with Crippen molar-refractivity contribution in [1.82, 2.24) is 19.9 Å². The highest BCUT2D eigenvalue weighted by atomic mass is 16.2. The highest BCUT2D eigenvalue weighted by molar-refractivity contribution is 5.94. The molecule has 1 N–H and O–H groups in total. The van der Waals surface area contributed by atoms with Gasteiger partial charge in [-0.15, -0.1) is 0 Å². The Morgan fingerprint density at radius 2 is 2.04 bits per heavy atom. The van der Waals surface area contributed by atoms with Gasteiger partial charge in [0.05, 0.1) is 11.0 Å². The van der Waals surface area contributed by atoms with Gasteiger partial charge < -0.3 is 9.88 Å². The van der Waals surface area contributed by atoms with Crippen molar-refractivity contribution < 1.29 is 4.79 Å². The van der Waals surface area contributed by atoms with E-state index < -0.39 is 0 Å². The number of hydrogen-bond acceptors (Lipinski definition) is 3. The van der Waals surface area contributed by atoms with E-state index in [0.29, 0.717) is 5.92 Å². The van der Waals surface area contributed by atoms with E-state index in [1.165, 1.54) is 0 Å². The second-order valence-electron chi connectivity index (χ2n) is 6.83. The summed E-state index contributed by atoms with van der Waals surface area (Å²) in [6.45, 7) is 3.53. The number of carbonyl (C=O) groups excluding carboxylic acids is 1. The lowest BCUT2D eigenvalue weighted by atomic mass is 9.93. The molecule has 0 saturated carbocycles. The minimum atomic E-state index is 0.118. The molecule has 128 valence electrons. The molecular formula is C20H22N4O. The highest BCUT2D eigenvalue weighted by Gasteiger charge is 2.24. The molecule has 2 aromatic heterocycles. The summed E-state index contributed by atoms with van der Waals surface area (Å²) in [6.07, 6.45) is 4.70. The number of aromatic nitrogens is 3. The summed E-state index contributed by atoms with van der Waals surface area (Å²) in [5.41, 5.74) is 3.74. The van der Waals surface area contributed by atoms with Gasteiger partial charge in [0.1, 0.15) is 5.82 Å². The van der Waals surface area contributed by atoms with Gasteiger partial charge in [-0.05, 0) is 49.9 Å². The number of nitrogens with zero attached hydrogens (tertiary/aromatic N) is 3. The number of amides is 1. The van der Waals surface area contributed by atoms with Crippen LogP contribution in [-0.2, 0) is 6.42 Å². The number of pyridine rings is 1. The zero-order valence-electron chi connectivity index (χ0n) is 14.4. The number of benzene rings is 1. The van der Waals surface area contributed by atoms with Gasteiger partial charge in [-0.3, -0.25) is 9.78 Å². The molecule has 1 saturated heterocycles. The van der Waals surface area contributed by atoms with E-state index >= 15 is 0 Å². The molecule has 1 aliphatic heterocycles. The van der Waals surface area contributed by atoms with Gasteiger partial charge >= 0.3 is 0 Å². The lowest BCUT2D eigenvalue weighted by Crippen LogP contribution is -2.39. The van der Waals surface area contributed by atoms with E-state index in [1.807, 2.05) is 36.1 Å². The maximum atomic E-state index is 12.6. The lowest BCUT2D eigenvalue weighted by molar-refractivity contribution is 0.0689. The van der Waals surface area contributed by atoms with Gasteiger partial charge in [-0.2, -0.15) is 0 Å². The number of aromatic amines is 1. The molecule has 5 heteroatoms. The quantitative estimate of drug-likeness (QED) is 0.799. The number of fused-ring (bicyclic) bond motifs is 1. The van der Waals surface area contributed by atoms with Gasteiger partial charge in [0.15, 0.2) is 0 Å². The number of H-pyrrole nitrogens is 1. The summed E-state index contributed by atoms with van der Waals surface area (Å²) >= 11 is 0. The molecule has 0 aliphatic carbocycles. The van der Waals surface area contributed by atoms with Crippen LogP contribution in [-0.4, -0.2) is 38.8 Å². The van der Waals surface area contributed by atoms with Crippen molar-refractivity contribution >= 4 is 16.9 Å². The minimum Gasteiger partial charge on any atom is -0.342 e. The summed E-state index contributed by atoms with van der Waals surface area (Å²) in [5, 5.41) is 0. The van der Waals surface area contributed by atoms with Gasteiger partial charge in [0, 0.05) is 37.0 Å². The van der Waals surface area contributed by atoms with Gasteiger partial charge in [0.2, 0.25) is 0 Å². The number of imidazole rings is 1. The predicted molar refractivity (Wildman–Crippen MR) is 97.4 cm³/mol. The van der Waals surface area contributed by atoms with E-state index in [4.69, 9.17) is 0 Å². The molecule has 0 radical (unpaired) electrons. The minimum absolute atomic E-state index is 0.118. The monoisotopic (exact) mass is 334 g/mol. The largest absolute Gasteiger partial charge is 0.342 e. The molecular weight excluding hydrogens is 312 g/mol. The van der Waals surface area contributed by atoms with E-state index in [-0.39, 0.29) is 5.91 Å². The number of aryl methyl sites for hydroxylation is 1. The standard InChI is InChI=1S/C20H22N4O/c1-14-12-16(6-9-21-14)20(25)24-10-7-15(8-11-24)13-19-22-17-4-2-3-5-18(17)23-19/h2-6,9,12,15H,7-8,10-11,13H2,1H3,(H,22,23). The lowest BCUT2D eigenvalue weighted by Gasteiger charge is -2.31. The van der Waals surface area contributed by atoms with Gasteiger partial charge in [0.25, 0.3) is 5.91 Å². The number of para-hydroxylation sites is 2. The summed E-state index contributed by atoms with van der Waals surface area (Å²) in [4.78, 5) is 26.8. The first kappa shape index (κ1) is 15.8. The fourth-order valence-electron chi connectivity index (χ4n) is 3.58. The number of piperidine rings is 1. The Hall–Kier alpha value is -2.69. The predicted octanol–water partition coefficient (Wildman–Crippen LogP) is 3.36. The normalized spacial score (nSPS) is 15.6. The molecule has 1 fully saturated rings. The Bertz CT molecular complexity index is 860. The zero-order chi connectivity index (χ0) is 17.2. The molecule has 5 nitrogen and oxygen atoms in total. The van der Waals surface area contributed by atoms with Crippen LogP contribution in [0.1, 0.15) is 34.7 Å². The van der Waals surface area contributed by atoms with E-state index in [9.17, 15) is 4.79 Å². The van der Waals surface area contributed by atoms with E-state index in [0.717, 1.165) is 60.5 Å². The number of hydrogen-bond donors (Lipinski definition) is 1. The van der Waals surface area contributed by atoms with Crippen molar-refractivity contribution in [1.29, 1.82) is 0 Å². The molecule has 1 amide bonds. The highest BCUT2D eigenvalue weighted by Crippen LogP contribution is 2.23. The van der Waals surface area contributed by atoms with Crippen molar-refractivity contribution in [2.75, 3.05) is 13.1 Å². The number of rotatable bonds is 3. The Balaban J connectivity index is 1.37. The van der Waals surface area contributed by atoms with Crippen LogP contribution < -0.4 is 0 Å². The molecule has 0 unspecified atom stereocenters. The van der Waals surface area contributed by atoms with Crippen LogP contribution in [0.4, 0.5) is 0 Å². The first-order valence-corrected chi connectivity index (χ1v) is 8.84. The molecule has 3 heterocycles. The first-order chi connectivity index (χ1) is 12.2. The van der Waals surface area contributed by atoms with Gasteiger partial charge in [-0.1, -0.05) is 12.1 Å². The molecule has 25 heavy (non-hydrogen) atoms. The van der Waals surface area contributed by atoms with Crippen molar-refractivity contribution in [3.05, 3.63) is 59.7 Å². The average Bonchev–Trinajstić information content (AvgIpc) is 3.04. The van der Waals surface area contributed by atoms with Crippen LogP contribution in [0.15, 0.2) is 42.6 Å². The summed E-state index contributed by atoms with van der Waals surface area (Å²) < 4.78 is 0. The van der Waals surface area contributed by atoms with Crippen molar-refractivity contribution in [3.63, 3.8) is 0 Å². The summed E-state index contributed by atoms with van der Waals surface area (Å²) in [7, 11) is 0. The van der Waals surface area contributed by atoms with E-state index in [2.05, 4.69) is 21.0 Å². The van der Waals surface area contributed by atoms with Crippen LogP contribution in [0.2, 0.25) is 0 Å². The van der Waals surface area contributed by atoms with Crippen LogP contribution in [0.25, 0.3) is 11.0 Å². The SMILES string of the molecule is Cc1cc(C(=O)N2CCC(Cc3nc4ccccc4[nH]3)CC2)ccn1. The van der Waals surface area contributed by atoms with Crippen LogP contribution in [0.5, 0.6) is 0 Å². The van der Waals surface area contributed by atoms with Crippen LogP contribution in [0, 0.1) is 12.8 Å². The molecule has 1 aromatic carbocycles. The Morgan fingerprint density at radius 1 is 1.24 bits per heavy atom. The topological polar surface area (TPSA) is 61.9 Å². The molecule has 4 rings (SSSR count). The average molecular weight is 334 g/mol. The summed E-state index contributed by atoms with van der Waals surface area (Å²) in [6, 6.07) is 11.8. The zero-order valence-corrected chi connectivity index (χ0v) is 14.4. The smallest absolute Gasteiger partial charge is 0.253 e. The fraction of sp³-hybridized carbons (Fsp3) is 0.350. The second-order valence-corrected chi connectivity index (χ2v) is 6.83. The Labute approximate surface area is 147 Å². The fourth-order valence-corrected chi connectivity index (χ4v) is 3.58. The third-order valence-corrected chi connectivity index (χ3v) is 4.97.